The number of nitrogens with zero attached hydrogens (tertiary/aromatic N) is 1. The predicted octanol–water partition coefficient (Wildman–Crippen LogP) is 1.78. The monoisotopic (exact) mass is 284 g/mol. The summed E-state index contributed by atoms with van der Waals surface area (Å²) in [6.45, 7) is 4.40. The molecular weight excluding hydrogens is 268 g/mol. The van der Waals surface area contributed by atoms with E-state index in [1.807, 2.05) is 0 Å². The van der Waals surface area contributed by atoms with Crippen LogP contribution in [0.25, 0.3) is 0 Å². The fourth-order valence-electron chi connectivity index (χ4n) is 1.97. The number of halogens is 1. The predicted molar refractivity (Wildman–Crippen MR) is 68.3 cm³/mol. The molecule has 4 heteroatoms. The number of benzene rings is 1. The van der Waals surface area contributed by atoms with E-state index < -0.39 is 0 Å². The Kier molecular flexibility index (Phi) is 4.35. The molecule has 1 aromatic rings. The molecule has 3 nitrogen and oxygen atoms in total. The van der Waals surface area contributed by atoms with E-state index in [2.05, 4.69) is 45.1 Å². The van der Waals surface area contributed by atoms with Crippen LogP contribution in [0.2, 0.25) is 0 Å². The fraction of sp³-hybridized carbons (Fsp3) is 0.500. The number of nitrogens with two attached hydrogens (primary N) is 1. The molecule has 1 heterocycles. The quantitative estimate of drug-likeness (QED) is 0.920. The summed E-state index contributed by atoms with van der Waals surface area (Å²) in [4.78, 5) is 2.36. The summed E-state index contributed by atoms with van der Waals surface area (Å²) in [6.07, 6.45) is 0.188. The van der Waals surface area contributed by atoms with Crippen LogP contribution in [0.3, 0.4) is 0 Å². The summed E-state index contributed by atoms with van der Waals surface area (Å²) < 4.78 is 6.89. The molecule has 0 spiro atoms. The zero-order valence-corrected chi connectivity index (χ0v) is 10.8. The van der Waals surface area contributed by atoms with Crippen LogP contribution in [0.4, 0.5) is 0 Å². The molecule has 0 radical (unpaired) electrons. The van der Waals surface area contributed by atoms with E-state index >= 15 is 0 Å². The number of rotatable bonds is 3. The number of morpholine rings is 1. The van der Waals surface area contributed by atoms with Crippen molar-refractivity contribution >= 4 is 15.9 Å². The molecule has 1 aliphatic heterocycles. The van der Waals surface area contributed by atoms with E-state index in [4.69, 9.17) is 10.5 Å². The maximum atomic E-state index is 5.78. The van der Waals surface area contributed by atoms with Crippen LogP contribution < -0.4 is 5.73 Å². The number of ether oxygens (including phenoxy) is 1. The number of hydrogen-bond donors (Lipinski definition) is 1. The van der Waals surface area contributed by atoms with E-state index in [0.717, 1.165) is 30.7 Å². The number of hydrogen-bond acceptors (Lipinski definition) is 3. The van der Waals surface area contributed by atoms with Gasteiger partial charge in [0.15, 0.2) is 0 Å². The molecule has 1 saturated heterocycles. The average Bonchev–Trinajstić information content (AvgIpc) is 2.31. The van der Waals surface area contributed by atoms with Gasteiger partial charge in [0.25, 0.3) is 0 Å². The molecule has 0 saturated carbocycles. The van der Waals surface area contributed by atoms with Gasteiger partial charge in [0.1, 0.15) is 0 Å². The second-order valence-electron chi connectivity index (χ2n) is 4.00. The van der Waals surface area contributed by atoms with Crippen molar-refractivity contribution in [2.75, 3.05) is 32.8 Å². The molecule has 0 bridgehead atoms. The summed E-state index contributed by atoms with van der Waals surface area (Å²) in [5.74, 6) is 0. The second-order valence-corrected chi connectivity index (χ2v) is 4.92. The Morgan fingerprint density at radius 2 is 2.12 bits per heavy atom. The maximum absolute atomic E-state index is 5.78. The lowest BCUT2D eigenvalue weighted by Crippen LogP contribution is -2.40. The molecule has 0 aliphatic carbocycles. The van der Waals surface area contributed by atoms with Gasteiger partial charge in [-0.1, -0.05) is 28.1 Å². The zero-order valence-electron chi connectivity index (χ0n) is 9.23. The molecule has 0 aromatic heterocycles. The van der Waals surface area contributed by atoms with Crippen molar-refractivity contribution in [1.82, 2.24) is 4.90 Å². The Balaban J connectivity index is 2.01. The van der Waals surface area contributed by atoms with E-state index in [1.54, 1.807) is 0 Å². The summed E-state index contributed by atoms with van der Waals surface area (Å²) in [7, 11) is 0. The highest BCUT2D eigenvalue weighted by molar-refractivity contribution is 9.10. The SMILES string of the molecule is NCCN1CCOC(c2ccc(Br)cc2)C1. The Hall–Kier alpha value is -0.420. The van der Waals surface area contributed by atoms with Crippen LogP contribution in [0.5, 0.6) is 0 Å². The minimum absolute atomic E-state index is 0.188. The van der Waals surface area contributed by atoms with Crippen LogP contribution in [0.1, 0.15) is 11.7 Å². The van der Waals surface area contributed by atoms with Crippen molar-refractivity contribution in [3.8, 4) is 0 Å². The van der Waals surface area contributed by atoms with Crippen molar-refractivity contribution < 1.29 is 4.74 Å². The largest absolute Gasteiger partial charge is 0.371 e. The van der Waals surface area contributed by atoms with E-state index in [0.29, 0.717) is 6.54 Å². The third-order valence-corrected chi connectivity index (χ3v) is 3.37. The highest BCUT2D eigenvalue weighted by atomic mass is 79.9. The van der Waals surface area contributed by atoms with Crippen molar-refractivity contribution in [2.45, 2.75) is 6.10 Å². The smallest absolute Gasteiger partial charge is 0.0952 e. The van der Waals surface area contributed by atoms with Gasteiger partial charge in [-0.3, -0.25) is 4.90 Å². The van der Waals surface area contributed by atoms with Gasteiger partial charge in [0.05, 0.1) is 12.7 Å². The highest BCUT2D eigenvalue weighted by Gasteiger charge is 2.20. The van der Waals surface area contributed by atoms with Crippen molar-refractivity contribution in [2.24, 2.45) is 5.73 Å². The molecular formula is C12H17BrN2O. The van der Waals surface area contributed by atoms with Gasteiger partial charge in [-0.05, 0) is 17.7 Å². The van der Waals surface area contributed by atoms with Crippen molar-refractivity contribution in [3.05, 3.63) is 34.3 Å². The molecule has 1 unspecified atom stereocenters. The fourth-order valence-corrected chi connectivity index (χ4v) is 2.23. The summed E-state index contributed by atoms with van der Waals surface area (Å²) in [5, 5.41) is 0. The van der Waals surface area contributed by atoms with Crippen LogP contribution in [-0.2, 0) is 4.74 Å². The topological polar surface area (TPSA) is 38.5 Å². The van der Waals surface area contributed by atoms with Crippen LogP contribution >= 0.6 is 15.9 Å². The van der Waals surface area contributed by atoms with Crippen LogP contribution in [0, 0.1) is 0 Å². The maximum Gasteiger partial charge on any atom is 0.0952 e. The molecule has 1 aliphatic rings. The molecule has 1 aromatic carbocycles. The van der Waals surface area contributed by atoms with Crippen LogP contribution in [-0.4, -0.2) is 37.7 Å². The first-order chi connectivity index (χ1) is 7.79. The van der Waals surface area contributed by atoms with Gasteiger partial charge in [0.2, 0.25) is 0 Å². The Bertz CT molecular complexity index is 326. The van der Waals surface area contributed by atoms with Gasteiger partial charge in [-0.15, -0.1) is 0 Å². The summed E-state index contributed by atoms with van der Waals surface area (Å²) >= 11 is 3.44. The first-order valence-electron chi connectivity index (χ1n) is 5.59. The van der Waals surface area contributed by atoms with Gasteiger partial charge < -0.3 is 10.5 Å². The minimum Gasteiger partial charge on any atom is -0.371 e. The summed E-state index contributed by atoms with van der Waals surface area (Å²) in [5.41, 5.74) is 6.82. The van der Waals surface area contributed by atoms with Gasteiger partial charge in [0, 0.05) is 30.7 Å². The van der Waals surface area contributed by atoms with Crippen molar-refractivity contribution in [3.63, 3.8) is 0 Å². The lowest BCUT2D eigenvalue weighted by atomic mass is 10.1. The summed E-state index contributed by atoms with van der Waals surface area (Å²) in [6, 6.07) is 8.34. The molecule has 1 atom stereocenters. The second kappa shape index (κ2) is 5.77. The minimum atomic E-state index is 0.188. The Morgan fingerprint density at radius 3 is 2.81 bits per heavy atom. The third-order valence-electron chi connectivity index (χ3n) is 2.84. The van der Waals surface area contributed by atoms with Crippen LogP contribution in [0.15, 0.2) is 28.7 Å². The normalized spacial score (nSPS) is 22.2. The third kappa shape index (κ3) is 3.04. The molecule has 88 valence electrons. The first kappa shape index (κ1) is 12.0. The molecule has 2 N–H and O–H groups in total. The lowest BCUT2D eigenvalue weighted by molar-refractivity contribution is -0.0288. The van der Waals surface area contributed by atoms with Crippen molar-refractivity contribution in [1.29, 1.82) is 0 Å². The molecule has 0 amide bonds. The first-order valence-corrected chi connectivity index (χ1v) is 6.38. The molecule has 16 heavy (non-hydrogen) atoms. The van der Waals surface area contributed by atoms with Gasteiger partial charge in [-0.25, -0.2) is 0 Å². The average molecular weight is 285 g/mol. The highest BCUT2D eigenvalue weighted by Crippen LogP contribution is 2.23. The van der Waals surface area contributed by atoms with Gasteiger partial charge in [-0.2, -0.15) is 0 Å². The standard InChI is InChI=1S/C12H17BrN2O/c13-11-3-1-10(2-4-11)12-9-15(6-5-14)7-8-16-12/h1-4,12H,5-9,14H2. The van der Waals surface area contributed by atoms with E-state index in [-0.39, 0.29) is 6.10 Å². The molecule has 1 fully saturated rings. The van der Waals surface area contributed by atoms with E-state index in [9.17, 15) is 0 Å². The molecule has 2 rings (SSSR count). The lowest BCUT2D eigenvalue weighted by Gasteiger charge is -2.32. The zero-order chi connectivity index (χ0) is 11.4. The van der Waals surface area contributed by atoms with E-state index in [1.165, 1.54) is 5.56 Å². The van der Waals surface area contributed by atoms with Gasteiger partial charge >= 0.3 is 0 Å². The Labute approximate surface area is 105 Å². The Morgan fingerprint density at radius 1 is 1.38 bits per heavy atom.